The summed E-state index contributed by atoms with van der Waals surface area (Å²) in [5.41, 5.74) is 0. The second-order valence-corrected chi connectivity index (χ2v) is 9.32. The van der Waals surface area contributed by atoms with E-state index in [0.29, 0.717) is 12.8 Å². The van der Waals surface area contributed by atoms with Crippen molar-refractivity contribution in [2.75, 3.05) is 0 Å². The van der Waals surface area contributed by atoms with Crippen LogP contribution >= 0.6 is 23.2 Å². The first-order valence-electron chi connectivity index (χ1n) is 11.5. The van der Waals surface area contributed by atoms with Crippen LogP contribution in [-0.4, -0.2) is 54.7 Å². The Labute approximate surface area is 196 Å². The molecular weight excluding hydrogens is 447 g/mol. The molecule has 0 aliphatic heterocycles. The van der Waals surface area contributed by atoms with Crippen molar-refractivity contribution in [2.24, 2.45) is 0 Å². The topological polar surface area (TPSA) is 124 Å². The summed E-state index contributed by atoms with van der Waals surface area (Å²) in [5, 5.41) is 34.5. The van der Waals surface area contributed by atoms with Crippen LogP contribution in [0.15, 0.2) is 0 Å². The molecular formula is C22H40Cl2O7. The third-order valence-corrected chi connectivity index (χ3v) is 6.12. The standard InChI is InChI=1S/C22H40Cl2O7/c1-3-5-7-9-11-13-15-17(25)21(23,29)19(27)31-20(28)22(24,30)18(26)16-14-12-10-8-6-4-2/h17-18,25-26,29-30H,3-16H2,1-2H3. The zero-order valence-electron chi connectivity index (χ0n) is 18.8. The van der Waals surface area contributed by atoms with Crippen LogP contribution in [0.25, 0.3) is 0 Å². The van der Waals surface area contributed by atoms with E-state index in [2.05, 4.69) is 18.6 Å². The minimum Gasteiger partial charge on any atom is -0.388 e. The number of carbonyl (C=O) groups is 2. The molecule has 9 heteroatoms. The zero-order valence-corrected chi connectivity index (χ0v) is 20.3. The van der Waals surface area contributed by atoms with Gasteiger partial charge in [-0.1, -0.05) is 114 Å². The van der Waals surface area contributed by atoms with Crippen molar-refractivity contribution < 1.29 is 34.8 Å². The molecule has 4 N–H and O–H groups in total. The van der Waals surface area contributed by atoms with E-state index in [1.165, 1.54) is 0 Å². The fraction of sp³-hybridized carbons (Fsp3) is 0.909. The van der Waals surface area contributed by atoms with Gasteiger partial charge in [0.1, 0.15) is 12.2 Å². The average molecular weight is 487 g/mol. The molecule has 0 heterocycles. The maximum Gasteiger partial charge on any atom is 0.364 e. The summed E-state index contributed by atoms with van der Waals surface area (Å²) in [6, 6.07) is 0. The van der Waals surface area contributed by atoms with Crippen molar-refractivity contribution in [2.45, 2.75) is 126 Å². The van der Waals surface area contributed by atoms with E-state index in [9.17, 15) is 30.0 Å². The lowest BCUT2D eigenvalue weighted by Gasteiger charge is -2.27. The van der Waals surface area contributed by atoms with Crippen molar-refractivity contribution in [1.82, 2.24) is 0 Å². The quantitative estimate of drug-likeness (QED) is 0.0992. The molecule has 0 rings (SSSR count). The van der Waals surface area contributed by atoms with Gasteiger partial charge in [-0.2, -0.15) is 0 Å². The third-order valence-electron chi connectivity index (χ3n) is 5.30. The van der Waals surface area contributed by atoms with Gasteiger partial charge in [0.2, 0.25) is 0 Å². The Morgan fingerprint density at radius 2 is 0.968 bits per heavy atom. The number of ether oxygens (including phenoxy) is 1. The highest BCUT2D eigenvalue weighted by Crippen LogP contribution is 2.27. The fourth-order valence-corrected chi connectivity index (χ4v) is 3.41. The van der Waals surface area contributed by atoms with E-state index in [0.717, 1.165) is 64.2 Å². The highest BCUT2D eigenvalue weighted by molar-refractivity contribution is 6.36. The van der Waals surface area contributed by atoms with Crippen LogP contribution in [-0.2, 0) is 14.3 Å². The summed E-state index contributed by atoms with van der Waals surface area (Å²) in [4.78, 5) is 24.2. The number of halogens is 2. The van der Waals surface area contributed by atoms with Gasteiger partial charge in [0.15, 0.2) is 0 Å². The van der Waals surface area contributed by atoms with Crippen molar-refractivity contribution in [1.29, 1.82) is 0 Å². The predicted octanol–water partition coefficient (Wildman–Crippen LogP) is 4.13. The molecule has 0 saturated carbocycles. The fourth-order valence-electron chi connectivity index (χ4n) is 3.12. The summed E-state index contributed by atoms with van der Waals surface area (Å²) in [7, 11) is 0. The highest BCUT2D eigenvalue weighted by Gasteiger charge is 2.49. The van der Waals surface area contributed by atoms with Gasteiger partial charge in [0.05, 0.1) is 0 Å². The Bertz CT molecular complexity index is 468. The van der Waals surface area contributed by atoms with Crippen LogP contribution in [0.4, 0.5) is 0 Å². The summed E-state index contributed by atoms with van der Waals surface area (Å²) in [6.07, 6.45) is 7.83. The number of aliphatic hydroxyl groups is 4. The third kappa shape index (κ3) is 11.8. The molecule has 0 aromatic carbocycles. The number of rotatable bonds is 18. The second-order valence-electron chi connectivity index (χ2n) is 8.17. The molecule has 184 valence electrons. The van der Waals surface area contributed by atoms with Crippen molar-refractivity contribution in [3.8, 4) is 0 Å². The van der Waals surface area contributed by atoms with Crippen molar-refractivity contribution in [3.63, 3.8) is 0 Å². The minimum absolute atomic E-state index is 0.0290. The van der Waals surface area contributed by atoms with Gasteiger partial charge in [-0.15, -0.1) is 0 Å². The predicted molar refractivity (Wildman–Crippen MR) is 121 cm³/mol. The minimum atomic E-state index is -2.86. The monoisotopic (exact) mass is 486 g/mol. The van der Waals surface area contributed by atoms with E-state index < -0.39 is 34.3 Å². The second kappa shape index (κ2) is 16.2. The molecule has 31 heavy (non-hydrogen) atoms. The Morgan fingerprint density at radius 1 is 0.677 bits per heavy atom. The van der Waals surface area contributed by atoms with E-state index in [4.69, 9.17) is 23.2 Å². The van der Waals surface area contributed by atoms with E-state index >= 15 is 0 Å². The Kier molecular flexibility index (Phi) is 16.0. The van der Waals surface area contributed by atoms with Crippen LogP contribution in [0.2, 0.25) is 0 Å². The smallest absolute Gasteiger partial charge is 0.364 e. The lowest BCUT2D eigenvalue weighted by atomic mass is 10.0. The number of carbonyl (C=O) groups excluding carboxylic acids is 2. The van der Waals surface area contributed by atoms with Gasteiger partial charge in [0.25, 0.3) is 10.1 Å². The SMILES string of the molecule is CCCCCCCCC(O)C(O)(Cl)C(=O)OC(=O)C(O)(Cl)C(O)CCCCCCCC. The molecule has 7 nitrogen and oxygen atoms in total. The number of alkyl halides is 2. The first kappa shape index (κ1) is 30.6. The Balaban J connectivity index is 4.51. The maximum atomic E-state index is 12.1. The number of hydrogen-bond acceptors (Lipinski definition) is 7. The molecule has 4 unspecified atom stereocenters. The van der Waals surface area contributed by atoms with Gasteiger partial charge in [-0.25, -0.2) is 9.59 Å². The molecule has 0 aliphatic carbocycles. The Morgan fingerprint density at radius 3 is 1.29 bits per heavy atom. The van der Waals surface area contributed by atoms with E-state index in [1.54, 1.807) is 0 Å². The molecule has 0 aromatic heterocycles. The highest BCUT2D eigenvalue weighted by atomic mass is 35.5. The molecule has 4 atom stereocenters. The summed E-state index contributed by atoms with van der Waals surface area (Å²) < 4.78 is 4.38. The maximum absolute atomic E-state index is 12.1. The molecule has 0 amide bonds. The van der Waals surface area contributed by atoms with Crippen LogP contribution < -0.4 is 0 Å². The molecule has 0 fully saturated rings. The van der Waals surface area contributed by atoms with Gasteiger partial charge < -0.3 is 25.2 Å². The largest absolute Gasteiger partial charge is 0.388 e. The van der Waals surface area contributed by atoms with Crippen LogP contribution in [0.3, 0.4) is 0 Å². The summed E-state index contributed by atoms with van der Waals surface area (Å²) in [6.45, 7) is 4.19. The zero-order chi connectivity index (χ0) is 23.9. The molecule has 0 saturated heterocycles. The van der Waals surface area contributed by atoms with Crippen LogP contribution in [0.5, 0.6) is 0 Å². The Hall–Kier alpha value is -0.440. The van der Waals surface area contributed by atoms with Crippen LogP contribution in [0, 0.1) is 0 Å². The number of aliphatic hydroxyl groups excluding tert-OH is 2. The van der Waals surface area contributed by atoms with Gasteiger partial charge in [-0.05, 0) is 12.8 Å². The summed E-state index contributed by atoms with van der Waals surface area (Å²) in [5.74, 6) is -3.30. The van der Waals surface area contributed by atoms with E-state index in [1.807, 2.05) is 0 Å². The first-order chi connectivity index (χ1) is 14.5. The normalized spacial score (nSPS) is 17.4. The molecule has 0 aromatic rings. The molecule has 0 spiro atoms. The van der Waals surface area contributed by atoms with Gasteiger partial charge in [0, 0.05) is 0 Å². The van der Waals surface area contributed by atoms with Crippen molar-refractivity contribution in [3.05, 3.63) is 0 Å². The first-order valence-corrected chi connectivity index (χ1v) is 12.2. The molecule has 0 radical (unpaired) electrons. The average Bonchev–Trinajstić information content (AvgIpc) is 2.72. The van der Waals surface area contributed by atoms with Crippen molar-refractivity contribution >= 4 is 35.1 Å². The molecule has 0 bridgehead atoms. The lowest BCUT2D eigenvalue weighted by Crippen LogP contribution is -2.51. The lowest BCUT2D eigenvalue weighted by molar-refractivity contribution is -0.184. The summed E-state index contributed by atoms with van der Waals surface area (Å²) >= 11 is 11.4. The number of unbranched alkanes of at least 4 members (excludes halogenated alkanes) is 10. The number of esters is 2. The van der Waals surface area contributed by atoms with Gasteiger partial charge >= 0.3 is 11.9 Å². The van der Waals surface area contributed by atoms with E-state index in [-0.39, 0.29) is 12.8 Å². The van der Waals surface area contributed by atoms with Crippen LogP contribution in [0.1, 0.15) is 104 Å². The van der Waals surface area contributed by atoms with Gasteiger partial charge in [-0.3, -0.25) is 0 Å². The molecule has 0 aliphatic rings. The number of hydrogen-bond donors (Lipinski definition) is 4.